The lowest BCUT2D eigenvalue weighted by Crippen LogP contribution is -2.33. The van der Waals surface area contributed by atoms with Crippen molar-refractivity contribution in [3.05, 3.63) is 22.2 Å². The molecule has 1 amide bonds. The number of amides is 1. The molecule has 0 N–H and O–H groups in total. The molecule has 0 atom stereocenters. The molecule has 0 aromatic carbocycles. The Hall–Kier alpha value is -0.870. The van der Waals surface area contributed by atoms with Gasteiger partial charge in [-0.15, -0.1) is 0 Å². The Morgan fingerprint density at radius 3 is 2.53 bits per heavy atom. The van der Waals surface area contributed by atoms with E-state index in [1.807, 2.05) is 13.8 Å². The third-order valence-electron chi connectivity index (χ3n) is 2.04. The van der Waals surface area contributed by atoms with E-state index in [0.717, 1.165) is 0 Å². The molecule has 0 aliphatic heterocycles. The van der Waals surface area contributed by atoms with Crippen LogP contribution in [0.2, 0.25) is 10.4 Å². The minimum Gasteiger partial charge on any atom is -0.339 e. The first-order valence-corrected chi connectivity index (χ1v) is 5.14. The van der Waals surface area contributed by atoms with Gasteiger partial charge in [-0.1, -0.05) is 11.6 Å². The first-order valence-electron chi connectivity index (χ1n) is 4.38. The highest BCUT2D eigenvalue weighted by molar-refractivity contribution is 6.34. The quantitative estimate of drug-likeness (QED) is 0.595. The molecule has 0 radical (unpaired) electrons. The van der Waals surface area contributed by atoms with Crippen LogP contribution in [0, 0.1) is 0 Å². The molecule has 0 unspecified atom stereocenters. The molecule has 15 heavy (non-hydrogen) atoms. The summed E-state index contributed by atoms with van der Waals surface area (Å²) in [4.78, 5) is 20.8. The lowest BCUT2D eigenvalue weighted by Gasteiger charge is -2.21. The van der Waals surface area contributed by atoms with E-state index >= 15 is 0 Å². The van der Waals surface area contributed by atoms with Crippen molar-refractivity contribution in [2.24, 2.45) is 0 Å². The third-order valence-corrected chi connectivity index (χ3v) is 2.51. The van der Waals surface area contributed by atoms with Crippen LogP contribution in [0.25, 0.3) is 0 Å². The minimum atomic E-state index is -0.216. The van der Waals surface area contributed by atoms with E-state index < -0.39 is 0 Å². The topological polar surface area (TPSA) is 46.1 Å². The largest absolute Gasteiger partial charge is 0.339 e. The van der Waals surface area contributed by atoms with Crippen LogP contribution in [-0.4, -0.2) is 33.9 Å². The van der Waals surface area contributed by atoms with Crippen LogP contribution in [0.5, 0.6) is 0 Å². The predicted molar refractivity (Wildman–Crippen MR) is 59.3 cm³/mol. The number of carbonyl (C=O) groups is 1. The summed E-state index contributed by atoms with van der Waals surface area (Å²) >= 11 is 11.3. The van der Waals surface area contributed by atoms with Gasteiger partial charge in [-0.2, -0.15) is 0 Å². The van der Waals surface area contributed by atoms with Gasteiger partial charge in [0.1, 0.15) is 5.15 Å². The van der Waals surface area contributed by atoms with Crippen molar-refractivity contribution in [3.8, 4) is 0 Å². The monoisotopic (exact) mass is 247 g/mol. The first kappa shape index (κ1) is 12.2. The molecule has 0 spiro atoms. The summed E-state index contributed by atoms with van der Waals surface area (Å²) in [6.45, 7) is 3.81. The van der Waals surface area contributed by atoms with Crippen LogP contribution in [-0.2, 0) is 0 Å². The smallest absolute Gasteiger partial charge is 0.258 e. The number of hydrogen-bond acceptors (Lipinski definition) is 3. The fourth-order valence-electron chi connectivity index (χ4n) is 0.909. The number of hydrogen-bond donors (Lipinski definition) is 0. The van der Waals surface area contributed by atoms with E-state index in [-0.39, 0.29) is 27.9 Å². The zero-order valence-electron chi connectivity index (χ0n) is 8.66. The number of rotatable bonds is 2. The molecule has 0 aliphatic rings. The van der Waals surface area contributed by atoms with Crippen LogP contribution in [0.4, 0.5) is 0 Å². The molecule has 0 fully saturated rings. The first-order chi connectivity index (χ1) is 6.93. The maximum absolute atomic E-state index is 11.8. The molecule has 1 heterocycles. The number of carbonyl (C=O) groups excluding carboxylic acids is 1. The molecule has 0 saturated carbocycles. The highest BCUT2D eigenvalue weighted by atomic mass is 35.5. The summed E-state index contributed by atoms with van der Waals surface area (Å²) in [5, 5.41) is 0.108. The molecule has 1 aromatic rings. The average Bonchev–Trinajstić information content (AvgIpc) is 2.15. The van der Waals surface area contributed by atoms with Crippen molar-refractivity contribution < 1.29 is 4.79 Å². The van der Waals surface area contributed by atoms with Gasteiger partial charge in [-0.25, -0.2) is 9.97 Å². The van der Waals surface area contributed by atoms with Crippen LogP contribution in [0.3, 0.4) is 0 Å². The number of nitrogens with zero attached hydrogens (tertiary/aromatic N) is 3. The van der Waals surface area contributed by atoms with Gasteiger partial charge < -0.3 is 4.90 Å². The second-order valence-electron chi connectivity index (χ2n) is 3.35. The van der Waals surface area contributed by atoms with E-state index in [0.29, 0.717) is 0 Å². The Balaban J connectivity index is 3.01. The van der Waals surface area contributed by atoms with Crippen LogP contribution < -0.4 is 0 Å². The summed E-state index contributed by atoms with van der Waals surface area (Å²) in [6, 6.07) is 0.0873. The summed E-state index contributed by atoms with van der Waals surface area (Å²) in [5.41, 5.74) is 0.261. The van der Waals surface area contributed by atoms with Gasteiger partial charge in [0.25, 0.3) is 5.91 Å². The van der Waals surface area contributed by atoms with Gasteiger partial charge in [0.05, 0.1) is 5.56 Å². The Labute approximate surface area is 98.2 Å². The van der Waals surface area contributed by atoms with E-state index in [1.54, 1.807) is 11.9 Å². The highest BCUT2D eigenvalue weighted by Gasteiger charge is 2.18. The average molecular weight is 248 g/mol. The van der Waals surface area contributed by atoms with Gasteiger partial charge in [0, 0.05) is 19.3 Å². The molecule has 1 rings (SSSR count). The zero-order chi connectivity index (χ0) is 11.6. The van der Waals surface area contributed by atoms with E-state index in [9.17, 15) is 4.79 Å². The molecule has 4 nitrogen and oxygen atoms in total. The number of halogens is 2. The van der Waals surface area contributed by atoms with Gasteiger partial charge in [0.15, 0.2) is 0 Å². The van der Waals surface area contributed by atoms with E-state index in [2.05, 4.69) is 9.97 Å². The second-order valence-corrected chi connectivity index (χ2v) is 4.05. The van der Waals surface area contributed by atoms with Crippen molar-refractivity contribution >= 4 is 29.1 Å². The van der Waals surface area contributed by atoms with Crippen LogP contribution >= 0.6 is 23.2 Å². The molecule has 1 aromatic heterocycles. The molecule has 0 saturated heterocycles. The summed E-state index contributed by atoms with van der Waals surface area (Å²) in [7, 11) is 1.69. The van der Waals surface area contributed by atoms with Crippen molar-refractivity contribution in [2.75, 3.05) is 7.05 Å². The second kappa shape index (κ2) is 4.77. The minimum absolute atomic E-state index is 0.0313. The maximum atomic E-state index is 11.8. The van der Waals surface area contributed by atoms with Crippen molar-refractivity contribution in [1.82, 2.24) is 14.9 Å². The van der Waals surface area contributed by atoms with Gasteiger partial charge in [-0.05, 0) is 25.4 Å². The standard InChI is InChI=1S/C9H11Cl2N3O/c1-5(2)14(3)8(15)6-4-12-9(11)13-7(6)10/h4-5H,1-3H3. The normalized spacial score (nSPS) is 10.5. The van der Waals surface area contributed by atoms with E-state index in [1.165, 1.54) is 6.20 Å². The maximum Gasteiger partial charge on any atom is 0.258 e. The summed E-state index contributed by atoms with van der Waals surface area (Å²) < 4.78 is 0. The van der Waals surface area contributed by atoms with E-state index in [4.69, 9.17) is 23.2 Å². The van der Waals surface area contributed by atoms with Crippen molar-refractivity contribution in [2.45, 2.75) is 19.9 Å². The van der Waals surface area contributed by atoms with Gasteiger partial charge in [0.2, 0.25) is 5.28 Å². The predicted octanol–water partition coefficient (Wildman–Crippen LogP) is 2.26. The summed E-state index contributed by atoms with van der Waals surface area (Å²) in [6.07, 6.45) is 1.33. The molecule has 0 bridgehead atoms. The van der Waals surface area contributed by atoms with Crippen LogP contribution in [0.15, 0.2) is 6.20 Å². The summed E-state index contributed by atoms with van der Waals surface area (Å²) in [5.74, 6) is -0.216. The van der Waals surface area contributed by atoms with Crippen LogP contribution in [0.1, 0.15) is 24.2 Å². The lowest BCUT2D eigenvalue weighted by atomic mass is 10.2. The van der Waals surface area contributed by atoms with Crippen molar-refractivity contribution in [1.29, 1.82) is 0 Å². The molecule has 6 heteroatoms. The Morgan fingerprint density at radius 2 is 2.07 bits per heavy atom. The lowest BCUT2D eigenvalue weighted by molar-refractivity contribution is 0.0754. The molecular weight excluding hydrogens is 237 g/mol. The third kappa shape index (κ3) is 2.79. The van der Waals surface area contributed by atoms with Gasteiger partial charge >= 0.3 is 0 Å². The molecule has 82 valence electrons. The molecular formula is C9H11Cl2N3O. The molecule has 0 aliphatic carbocycles. The number of aromatic nitrogens is 2. The Bertz CT molecular complexity index is 382. The zero-order valence-corrected chi connectivity index (χ0v) is 10.2. The van der Waals surface area contributed by atoms with Gasteiger partial charge in [-0.3, -0.25) is 4.79 Å². The highest BCUT2D eigenvalue weighted by Crippen LogP contribution is 2.16. The fraction of sp³-hybridized carbons (Fsp3) is 0.444. The Kier molecular flexibility index (Phi) is 3.88. The SMILES string of the molecule is CC(C)N(C)C(=O)c1cnc(Cl)nc1Cl. The fourth-order valence-corrected chi connectivity index (χ4v) is 1.30. The Morgan fingerprint density at radius 1 is 1.47 bits per heavy atom. The van der Waals surface area contributed by atoms with Crippen molar-refractivity contribution in [3.63, 3.8) is 0 Å².